The molecule has 2 rings (SSSR count). The van der Waals surface area contributed by atoms with E-state index in [4.69, 9.17) is 14.9 Å². The largest absolute Gasteiger partial charge is 0.472 e. The SMILES string of the molecule is NC(CC1CCCCO1)c1ccoc1. The van der Waals surface area contributed by atoms with Crippen LogP contribution >= 0.6 is 0 Å². The highest BCUT2D eigenvalue weighted by Crippen LogP contribution is 2.23. The van der Waals surface area contributed by atoms with Gasteiger partial charge in [0.15, 0.2) is 0 Å². The highest BCUT2D eigenvalue weighted by molar-refractivity contribution is 5.10. The van der Waals surface area contributed by atoms with E-state index in [0.717, 1.165) is 25.0 Å². The van der Waals surface area contributed by atoms with Crippen LogP contribution in [-0.2, 0) is 4.74 Å². The summed E-state index contributed by atoms with van der Waals surface area (Å²) in [4.78, 5) is 0. The molecule has 1 aromatic heterocycles. The Morgan fingerprint density at radius 1 is 1.50 bits per heavy atom. The van der Waals surface area contributed by atoms with E-state index >= 15 is 0 Å². The predicted molar refractivity (Wildman–Crippen MR) is 53.8 cm³/mol. The molecule has 0 bridgehead atoms. The molecular formula is C11H17NO2. The van der Waals surface area contributed by atoms with Gasteiger partial charge in [-0.1, -0.05) is 0 Å². The molecule has 0 aromatic carbocycles. The highest BCUT2D eigenvalue weighted by atomic mass is 16.5. The molecule has 3 heteroatoms. The van der Waals surface area contributed by atoms with Crippen LogP contribution in [-0.4, -0.2) is 12.7 Å². The average molecular weight is 195 g/mol. The van der Waals surface area contributed by atoms with E-state index in [1.165, 1.54) is 12.8 Å². The van der Waals surface area contributed by atoms with E-state index in [1.54, 1.807) is 12.5 Å². The van der Waals surface area contributed by atoms with E-state index in [0.29, 0.717) is 6.10 Å². The zero-order valence-electron chi connectivity index (χ0n) is 8.32. The Labute approximate surface area is 84.2 Å². The second-order valence-electron chi connectivity index (χ2n) is 3.89. The van der Waals surface area contributed by atoms with Gasteiger partial charge in [0.1, 0.15) is 0 Å². The third kappa shape index (κ3) is 2.36. The molecule has 1 aliphatic rings. The molecular weight excluding hydrogens is 178 g/mol. The lowest BCUT2D eigenvalue weighted by Gasteiger charge is -2.24. The molecule has 2 N–H and O–H groups in total. The molecule has 0 spiro atoms. The molecule has 2 unspecified atom stereocenters. The Balaban J connectivity index is 1.84. The summed E-state index contributed by atoms with van der Waals surface area (Å²) in [5, 5.41) is 0. The Morgan fingerprint density at radius 3 is 3.07 bits per heavy atom. The first-order chi connectivity index (χ1) is 6.86. The zero-order chi connectivity index (χ0) is 9.80. The Bertz CT molecular complexity index is 252. The molecule has 1 fully saturated rings. The van der Waals surface area contributed by atoms with E-state index < -0.39 is 0 Å². The van der Waals surface area contributed by atoms with Gasteiger partial charge < -0.3 is 14.9 Å². The maximum absolute atomic E-state index is 6.03. The molecule has 0 aliphatic carbocycles. The van der Waals surface area contributed by atoms with Crippen LogP contribution in [0.2, 0.25) is 0 Å². The quantitative estimate of drug-likeness (QED) is 0.804. The normalized spacial score (nSPS) is 24.8. The summed E-state index contributed by atoms with van der Waals surface area (Å²) in [6, 6.07) is 1.98. The van der Waals surface area contributed by atoms with Crippen molar-refractivity contribution in [1.29, 1.82) is 0 Å². The van der Waals surface area contributed by atoms with Crippen LogP contribution in [0.3, 0.4) is 0 Å². The molecule has 14 heavy (non-hydrogen) atoms. The number of hydrogen-bond acceptors (Lipinski definition) is 3. The van der Waals surface area contributed by atoms with Gasteiger partial charge in [-0.25, -0.2) is 0 Å². The third-order valence-corrected chi connectivity index (χ3v) is 2.76. The van der Waals surface area contributed by atoms with Crippen molar-refractivity contribution in [3.05, 3.63) is 24.2 Å². The molecule has 1 aromatic rings. The predicted octanol–water partition coefficient (Wildman–Crippen LogP) is 2.24. The Kier molecular flexibility index (Phi) is 3.22. The van der Waals surface area contributed by atoms with Crippen LogP contribution < -0.4 is 5.73 Å². The smallest absolute Gasteiger partial charge is 0.0950 e. The monoisotopic (exact) mass is 195 g/mol. The third-order valence-electron chi connectivity index (χ3n) is 2.76. The zero-order valence-corrected chi connectivity index (χ0v) is 8.32. The standard InChI is InChI=1S/C11H17NO2/c12-11(9-4-6-13-8-9)7-10-3-1-2-5-14-10/h4,6,8,10-11H,1-3,5,7,12H2. The summed E-state index contributed by atoms with van der Waals surface area (Å²) in [5.74, 6) is 0. The van der Waals surface area contributed by atoms with E-state index in [9.17, 15) is 0 Å². The second-order valence-corrected chi connectivity index (χ2v) is 3.89. The van der Waals surface area contributed by atoms with Gasteiger partial charge in [-0.2, -0.15) is 0 Å². The lowest BCUT2D eigenvalue weighted by molar-refractivity contribution is 0.00727. The lowest BCUT2D eigenvalue weighted by atomic mass is 9.99. The first-order valence-corrected chi connectivity index (χ1v) is 5.25. The first-order valence-electron chi connectivity index (χ1n) is 5.25. The van der Waals surface area contributed by atoms with Gasteiger partial charge in [0.05, 0.1) is 18.6 Å². The molecule has 2 atom stereocenters. The number of rotatable bonds is 3. The van der Waals surface area contributed by atoms with Crippen molar-refractivity contribution in [3.8, 4) is 0 Å². The van der Waals surface area contributed by atoms with E-state index in [2.05, 4.69) is 0 Å². The van der Waals surface area contributed by atoms with Gasteiger partial charge in [0.25, 0.3) is 0 Å². The minimum Gasteiger partial charge on any atom is -0.472 e. The number of furan rings is 1. The number of ether oxygens (including phenoxy) is 1. The van der Waals surface area contributed by atoms with Crippen LogP contribution in [0.15, 0.2) is 23.0 Å². The first kappa shape index (κ1) is 9.74. The van der Waals surface area contributed by atoms with Crippen molar-refractivity contribution in [2.24, 2.45) is 5.73 Å². The van der Waals surface area contributed by atoms with Crippen LogP contribution in [0.1, 0.15) is 37.3 Å². The summed E-state index contributed by atoms with van der Waals surface area (Å²) in [6.07, 6.45) is 8.23. The molecule has 1 saturated heterocycles. The van der Waals surface area contributed by atoms with Crippen molar-refractivity contribution in [1.82, 2.24) is 0 Å². The van der Waals surface area contributed by atoms with Crippen molar-refractivity contribution in [2.75, 3.05) is 6.61 Å². The Hall–Kier alpha value is -0.800. The Morgan fingerprint density at radius 2 is 2.43 bits per heavy atom. The van der Waals surface area contributed by atoms with Crippen LogP contribution in [0.4, 0.5) is 0 Å². The molecule has 0 amide bonds. The van der Waals surface area contributed by atoms with Gasteiger partial charge in [-0.15, -0.1) is 0 Å². The van der Waals surface area contributed by atoms with Crippen LogP contribution in [0, 0.1) is 0 Å². The van der Waals surface area contributed by atoms with Gasteiger partial charge in [-0.05, 0) is 31.7 Å². The van der Waals surface area contributed by atoms with E-state index in [1.807, 2.05) is 6.07 Å². The summed E-state index contributed by atoms with van der Waals surface area (Å²) < 4.78 is 10.6. The molecule has 3 nitrogen and oxygen atoms in total. The maximum Gasteiger partial charge on any atom is 0.0950 e. The second kappa shape index (κ2) is 4.62. The fourth-order valence-corrected chi connectivity index (χ4v) is 1.90. The summed E-state index contributed by atoms with van der Waals surface area (Å²) >= 11 is 0. The van der Waals surface area contributed by atoms with E-state index in [-0.39, 0.29) is 6.04 Å². The van der Waals surface area contributed by atoms with Crippen LogP contribution in [0.5, 0.6) is 0 Å². The molecule has 0 saturated carbocycles. The van der Waals surface area contributed by atoms with Crippen LogP contribution in [0.25, 0.3) is 0 Å². The van der Waals surface area contributed by atoms with Crippen molar-refractivity contribution < 1.29 is 9.15 Å². The molecule has 2 heterocycles. The summed E-state index contributed by atoms with van der Waals surface area (Å²) in [7, 11) is 0. The van der Waals surface area contributed by atoms with Gasteiger partial charge in [0, 0.05) is 18.2 Å². The topological polar surface area (TPSA) is 48.4 Å². The average Bonchev–Trinajstić information content (AvgIpc) is 2.72. The maximum atomic E-state index is 6.03. The van der Waals surface area contributed by atoms with Gasteiger partial charge in [-0.3, -0.25) is 0 Å². The minimum atomic E-state index is 0.0526. The van der Waals surface area contributed by atoms with Crippen molar-refractivity contribution in [3.63, 3.8) is 0 Å². The number of hydrogen-bond donors (Lipinski definition) is 1. The molecule has 0 radical (unpaired) electrons. The summed E-state index contributed by atoms with van der Waals surface area (Å²) in [6.45, 7) is 0.892. The fraction of sp³-hybridized carbons (Fsp3) is 0.636. The van der Waals surface area contributed by atoms with Crippen molar-refractivity contribution in [2.45, 2.75) is 37.8 Å². The fourth-order valence-electron chi connectivity index (χ4n) is 1.90. The minimum absolute atomic E-state index is 0.0526. The van der Waals surface area contributed by atoms with Gasteiger partial charge in [0.2, 0.25) is 0 Å². The molecule has 1 aliphatic heterocycles. The highest BCUT2D eigenvalue weighted by Gasteiger charge is 2.18. The van der Waals surface area contributed by atoms with Crippen molar-refractivity contribution >= 4 is 0 Å². The lowest BCUT2D eigenvalue weighted by Crippen LogP contribution is -2.24. The summed E-state index contributed by atoms with van der Waals surface area (Å²) in [5.41, 5.74) is 7.10. The number of nitrogens with two attached hydrogens (primary N) is 1. The molecule has 78 valence electrons. The van der Waals surface area contributed by atoms with Gasteiger partial charge >= 0.3 is 0 Å².